The minimum atomic E-state index is -0.577. The molecule has 1 saturated heterocycles. The Hall–Kier alpha value is -2.76. The molecular weight excluding hydrogens is 374 g/mol. The summed E-state index contributed by atoms with van der Waals surface area (Å²) in [7, 11) is 0. The Balaban J connectivity index is 1.32. The predicted octanol–water partition coefficient (Wildman–Crippen LogP) is 4.92. The van der Waals surface area contributed by atoms with E-state index in [4.69, 9.17) is 4.74 Å². The average molecular weight is 404 g/mol. The zero-order valence-corrected chi connectivity index (χ0v) is 17.6. The first kappa shape index (κ1) is 19.2. The lowest BCUT2D eigenvalue weighted by molar-refractivity contribution is -0.0663. The third-order valence-corrected chi connectivity index (χ3v) is 6.50. The molecule has 5 rings (SSSR count). The van der Waals surface area contributed by atoms with Crippen LogP contribution in [0.2, 0.25) is 0 Å². The molecule has 2 unspecified atom stereocenters. The lowest BCUT2D eigenvalue weighted by Gasteiger charge is -2.38. The quantitative estimate of drug-likeness (QED) is 0.443. The van der Waals surface area contributed by atoms with Crippen LogP contribution in [0.25, 0.3) is 21.8 Å². The number of likely N-dealkylation sites (tertiary alicyclic amines) is 1. The average Bonchev–Trinajstić information content (AvgIpc) is 3.40. The van der Waals surface area contributed by atoms with Crippen molar-refractivity contribution in [3.8, 4) is 5.75 Å². The fourth-order valence-corrected chi connectivity index (χ4v) is 4.90. The van der Waals surface area contributed by atoms with Crippen LogP contribution in [-0.4, -0.2) is 45.4 Å². The van der Waals surface area contributed by atoms with Crippen LogP contribution < -0.4 is 4.74 Å². The van der Waals surface area contributed by atoms with Crippen molar-refractivity contribution < 1.29 is 9.84 Å². The van der Waals surface area contributed by atoms with Crippen LogP contribution >= 0.6 is 0 Å². The van der Waals surface area contributed by atoms with Crippen molar-refractivity contribution in [2.75, 3.05) is 13.1 Å². The number of piperidine rings is 1. The fraction of sp³-hybridized carbons (Fsp3) is 0.360. The maximum atomic E-state index is 10.5. The normalized spacial score (nSPS) is 18.1. The van der Waals surface area contributed by atoms with Crippen molar-refractivity contribution >= 4 is 21.8 Å². The number of aliphatic hydroxyl groups is 1. The molecule has 0 amide bonds. The number of hydrogen-bond acceptors (Lipinski definition) is 3. The van der Waals surface area contributed by atoms with Crippen molar-refractivity contribution in [1.82, 2.24) is 14.9 Å². The highest BCUT2D eigenvalue weighted by Crippen LogP contribution is 2.35. The van der Waals surface area contributed by atoms with Gasteiger partial charge in [-0.3, -0.25) is 4.90 Å². The van der Waals surface area contributed by atoms with Crippen LogP contribution in [0.5, 0.6) is 5.75 Å². The lowest BCUT2D eigenvalue weighted by atomic mass is 9.88. The predicted molar refractivity (Wildman–Crippen MR) is 121 cm³/mol. The van der Waals surface area contributed by atoms with Crippen LogP contribution in [0.1, 0.15) is 36.8 Å². The third kappa shape index (κ3) is 3.38. The number of hydrogen-bond donors (Lipinski definition) is 3. The van der Waals surface area contributed by atoms with E-state index in [1.54, 1.807) is 0 Å². The number of aliphatic hydroxyl groups excluding tert-OH is 1. The van der Waals surface area contributed by atoms with E-state index in [2.05, 4.69) is 46.2 Å². The zero-order valence-electron chi connectivity index (χ0n) is 17.6. The molecule has 2 aromatic heterocycles. The molecule has 0 spiro atoms. The number of para-hydroxylation sites is 1. The summed E-state index contributed by atoms with van der Waals surface area (Å²) in [6.07, 6.45) is 5.29. The number of rotatable bonds is 5. The van der Waals surface area contributed by atoms with Gasteiger partial charge in [-0.15, -0.1) is 0 Å². The standard InChI is InChI=1S/C25H29N3O2/c1-16-5-3-6-19-21(15-27-24(16)19)18-10-13-28(14-11-18)25(17(2)29)30-23-8-4-7-22-20(23)9-12-26-22/h3-9,12,15,17-18,25-27,29H,10-11,13-14H2,1-2H3. The highest BCUT2D eigenvalue weighted by molar-refractivity contribution is 5.86. The summed E-state index contributed by atoms with van der Waals surface area (Å²) >= 11 is 0. The third-order valence-electron chi connectivity index (χ3n) is 6.50. The molecule has 1 aliphatic heterocycles. The SMILES string of the molecule is Cc1cccc2c(C3CCN(C(Oc4cccc5[nH]ccc45)C(C)O)CC3)c[nH]c12. The first-order valence-electron chi connectivity index (χ1n) is 10.8. The molecule has 3 heterocycles. The highest BCUT2D eigenvalue weighted by Gasteiger charge is 2.31. The Morgan fingerprint density at radius 3 is 2.63 bits per heavy atom. The van der Waals surface area contributed by atoms with Gasteiger partial charge in [0, 0.05) is 47.3 Å². The summed E-state index contributed by atoms with van der Waals surface area (Å²) < 4.78 is 6.35. The van der Waals surface area contributed by atoms with E-state index in [0.717, 1.165) is 42.6 Å². The summed E-state index contributed by atoms with van der Waals surface area (Å²) in [6, 6.07) is 14.5. The van der Waals surface area contributed by atoms with Gasteiger partial charge in [-0.2, -0.15) is 0 Å². The zero-order chi connectivity index (χ0) is 20.7. The van der Waals surface area contributed by atoms with Gasteiger partial charge in [0.15, 0.2) is 6.23 Å². The van der Waals surface area contributed by atoms with Gasteiger partial charge in [0.25, 0.3) is 0 Å². The number of nitrogens with zero attached hydrogens (tertiary/aromatic N) is 1. The molecule has 2 atom stereocenters. The minimum absolute atomic E-state index is 0.350. The largest absolute Gasteiger partial charge is 0.472 e. The first-order chi connectivity index (χ1) is 14.6. The summed E-state index contributed by atoms with van der Waals surface area (Å²) in [4.78, 5) is 8.98. The van der Waals surface area contributed by atoms with Gasteiger partial charge in [-0.1, -0.05) is 24.3 Å². The molecule has 0 radical (unpaired) electrons. The maximum absolute atomic E-state index is 10.5. The van der Waals surface area contributed by atoms with Gasteiger partial charge in [0.05, 0.1) is 0 Å². The topological polar surface area (TPSA) is 64.3 Å². The van der Waals surface area contributed by atoms with Crippen molar-refractivity contribution in [3.63, 3.8) is 0 Å². The first-order valence-corrected chi connectivity index (χ1v) is 10.8. The van der Waals surface area contributed by atoms with Crippen LogP contribution in [0, 0.1) is 6.92 Å². The van der Waals surface area contributed by atoms with E-state index in [-0.39, 0.29) is 6.23 Å². The molecule has 5 nitrogen and oxygen atoms in total. The molecule has 3 N–H and O–H groups in total. The van der Waals surface area contributed by atoms with Gasteiger partial charge >= 0.3 is 0 Å². The maximum Gasteiger partial charge on any atom is 0.178 e. The summed E-state index contributed by atoms with van der Waals surface area (Å²) in [6.45, 7) is 5.78. The van der Waals surface area contributed by atoms with Crippen LogP contribution in [-0.2, 0) is 0 Å². The molecule has 2 aromatic carbocycles. The number of aromatic nitrogens is 2. The Kier molecular flexibility index (Phi) is 5.01. The van der Waals surface area contributed by atoms with Gasteiger partial charge in [0.2, 0.25) is 0 Å². The van der Waals surface area contributed by atoms with E-state index in [9.17, 15) is 5.11 Å². The molecule has 30 heavy (non-hydrogen) atoms. The van der Waals surface area contributed by atoms with E-state index >= 15 is 0 Å². The summed E-state index contributed by atoms with van der Waals surface area (Å²) in [5, 5.41) is 12.9. The second-order valence-corrected chi connectivity index (χ2v) is 8.50. The molecule has 0 aliphatic carbocycles. The molecule has 1 fully saturated rings. The number of benzene rings is 2. The molecule has 5 heteroatoms. The highest BCUT2D eigenvalue weighted by atomic mass is 16.5. The smallest absolute Gasteiger partial charge is 0.178 e. The van der Waals surface area contributed by atoms with E-state index in [1.165, 1.54) is 22.0 Å². The molecule has 156 valence electrons. The minimum Gasteiger partial charge on any atom is -0.472 e. The van der Waals surface area contributed by atoms with Gasteiger partial charge < -0.3 is 19.8 Å². The Labute approximate surface area is 176 Å². The van der Waals surface area contributed by atoms with Crippen molar-refractivity contribution in [2.45, 2.75) is 44.9 Å². The lowest BCUT2D eigenvalue weighted by Crippen LogP contribution is -2.49. The van der Waals surface area contributed by atoms with E-state index in [1.807, 2.05) is 37.4 Å². The van der Waals surface area contributed by atoms with Crippen LogP contribution in [0.4, 0.5) is 0 Å². The number of fused-ring (bicyclic) bond motifs is 2. The van der Waals surface area contributed by atoms with Crippen molar-refractivity contribution in [1.29, 1.82) is 0 Å². The summed E-state index contributed by atoms with van der Waals surface area (Å²) in [5.41, 5.74) is 5.00. The Bertz CT molecular complexity index is 1150. The molecule has 4 aromatic rings. The monoisotopic (exact) mass is 403 g/mol. The Morgan fingerprint density at radius 2 is 1.83 bits per heavy atom. The number of aromatic amines is 2. The van der Waals surface area contributed by atoms with E-state index in [0.29, 0.717) is 5.92 Å². The van der Waals surface area contributed by atoms with Gasteiger partial charge in [-0.25, -0.2) is 0 Å². The molecular formula is C25H29N3O2. The van der Waals surface area contributed by atoms with Crippen LogP contribution in [0.3, 0.4) is 0 Å². The number of H-pyrrole nitrogens is 2. The number of aryl methyl sites for hydroxylation is 1. The molecule has 0 saturated carbocycles. The number of nitrogens with one attached hydrogen (secondary N) is 2. The van der Waals surface area contributed by atoms with Crippen molar-refractivity contribution in [2.24, 2.45) is 0 Å². The number of ether oxygens (including phenoxy) is 1. The second kappa shape index (κ2) is 7.82. The van der Waals surface area contributed by atoms with Crippen LogP contribution in [0.15, 0.2) is 54.9 Å². The Morgan fingerprint density at radius 1 is 1.03 bits per heavy atom. The van der Waals surface area contributed by atoms with Gasteiger partial charge in [0.1, 0.15) is 11.9 Å². The molecule has 1 aliphatic rings. The summed E-state index contributed by atoms with van der Waals surface area (Å²) in [5.74, 6) is 1.34. The van der Waals surface area contributed by atoms with E-state index < -0.39 is 6.10 Å². The second-order valence-electron chi connectivity index (χ2n) is 8.50. The molecule has 0 bridgehead atoms. The fourth-order valence-electron chi connectivity index (χ4n) is 4.90. The van der Waals surface area contributed by atoms with Gasteiger partial charge in [-0.05, 0) is 61.9 Å². The van der Waals surface area contributed by atoms with Crippen molar-refractivity contribution in [3.05, 3.63) is 66.0 Å².